The molecule has 0 unspecified atom stereocenters. The molecule has 1 rings (SSSR count). The molecule has 1 aromatic heterocycles. The second-order valence-electron chi connectivity index (χ2n) is 7.41. The number of hydrogen-bond acceptors (Lipinski definition) is 18. The van der Waals surface area contributed by atoms with Crippen LogP contribution in [0.1, 0.15) is 0 Å². The van der Waals surface area contributed by atoms with E-state index in [4.69, 9.17) is 14.2 Å². The quantitative estimate of drug-likeness (QED) is 0.0776. The molecule has 24 heteroatoms. The van der Waals surface area contributed by atoms with Crippen LogP contribution in [0.4, 0.5) is 0 Å². The fraction of sp³-hybridized carbons (Fsp3) is 0.571. The van der Waals surface area contributed by atoms with Gasteiger partial charge in [-0.1, -0.05) is 32.4 Å². The van der Waals surface area contributed by atoms with Gasteiger partial charge in [0.1, 0.15) is 17.3 Å². The summed E-state index contributed by atoms with van der Waals surface area (Å²) in [5, 5.41) is -1.68. The number of carbonyl (C=O) groups excluding carboxylic acids is 6. The second kappa shape index (κ2) is 22.8. The zero-order valence-electron chi connectivity index (χ0n) is 23.9. The number of nitrogens with zero attached hydrogens (tertiary/aromatic N) is 3. The van der Waals surface area contributed by atoms with Crippen molar-refractivity contribution < 1.29 is 57.2 Å². The van der Waals surface area contributed by atoms with Crippen LogP contribution in [-0.2, 0) is 62.4 Å². The van der Waals surface area contributed by atoms with Gasteiger partial charge in [-0.3, -0.25) is 14.4 Å². The lowest BCUT2D eigenvalue weighted by molar-refractivity contribution is -0.138. The van der Waals surface area contributed by atoms with Crippen LogP contribution in [-0.4, -0.2) is 120 Å². The lowest BCUT2D eigenvalue weighted by atomic mass is 10.6. The molecule has 0 saturated carbocycles. The Labute approximate surface area is 277 Å². The van der Waals surface area contributed by atoms with Gasteiger partial charge < -0.3 is 42.8 Å². The zero-order chi connectivity index (χ0) is 33.8. The van der Waals surface area contributed by atoms with Gasteiger partial charge in [0.2, 0.25) is 19.8 Å². The highest BCUT2D eigenvalue weighted by atomic mass is 33.1. The largest absolute Gasteiger partial charge is 0.561 e. The van der Waals surface area contributed by atoms with Crippen LogP contribution >= 0.6 is 64.8 Å². The third-order valence-electron chi connectivity index (χ3n) is 4.61. The highest BCUT2D eigenvalue weighted by molar-refractivity contribution is 8.82. The second-order valence-corrected chi connectivity index (χ2v) is 14.2. The molecule has 0 saturated heterocycles. The van der Waals surface area contributed by atoms with E-state index >= 15 is 0 Å². The maximum absolute atomic E-state index is 13.1. The molecule has 0 atom stereocenters. The summed E-state index contributed by atoms with van der Waals surface area (Å²) >= 11 is 0. The highest BCUT2D eigenvalue weighted by Crippen LogP contribution is 2.23. The molecule has 1 heterocycles. The number of aromatic nitrogens is 3. The van der Waals surface area contributed by atoms with E-state index in [1.54, 1.807) is 0 Å². The highest BCUT2D eigenvalue weighted by Gasteiger charge is 2.23. The summed E-state index contributed by atoms with van der Waals surface area (Å²) in [6.07, 6.45) is 0. The van der Waals surface area contributed by atoms with Crippen molar-refractivity contribution >= 4 is 98.6 Å². The van der Waals surface area contributed by atoms with Crippen molar-refractivity contribution in [3.05, 3.63) is 31.5 Å². The lowest BCUT2D eigenvalue weighted by Crippen LogP contribution is -2.55. The third-order valence-corrected chi connectivity index (χ3v) is 10.2. The van der Waals surface area contributed by atoms with Gasteiger partial charge in [0, 0.05) is 0 Å². The maximum Gasteiger partial charge on any atom is 0.561 e. The van der Waals surface area contributed by atoms with Gasteiger partial charge in [0.25, 0.3) is 0 Å². The van der Waals surface area contributed by atoms with Gasteiger partial charge in [-0.25, -0.2) is 28.1 Å². The van der Waals surface area contributed by atoms with E-state index in [-0.39, 0.29) is 37.1 Å². The Hall–Kier alpha value is -2.67. The predicted octanol–water partition coefficient (Wildman–Crippen LogP) is -0.736. The van der Waals surface area contributed by atoms with Gasteiger partial charge in [-0.15, -0.1) is 0 Å². The van der Waals surface area contributed by atoms with Crippen molar-refractivity contribution in [2.45, 2.75) is 19.6 Å². The molecule has 0 aromatic carbocycles. The van der Waals surface area contributed by atoms with E-state index in [2.05, 4.69) is 14.2 Å². The van der Waals surface area contributed by atoms with Crippen molar-refractivity contribution in [3.8, 4) is 0 Å². The molecule has 0 aliphatic carbocycles. The van der Waals surface area contributed by atoms with E-state index in [0.717, 1.165) is 32.4 Å². The van der Waals surface area contributed by atoms with E-state index in [1.807, 2.05) is 0 Å². The Morgan fingerprint density at radius 3 is 1.00 bits per heavy atom. The minimum atomic E-state index is -1.04. The van der Waals surface area contributed by atoms with Crippen LogP contribution in [0.2, 0.25) is 0 Å². The summed E-state index contributed by atoms with van der Waals surface area (Å²) in [4.78, 5) is 102. The third kappa shape index (κ3) is 15.9. The van der Waals surface area contributed by atoms with Crippen LogP contribution in [0.25, 0.3) is 0 Å². The van der Waals surface area contributed by atoms with E-state index < -0.39 is 70.5 Å². The number of rotatable bonds is 18. The van der Waals surface area contributed by atoms with Gasteiger partial charge in [-0.05, 0) is 0 Å². The van der Waals surface area contributed by atoms with E-state index in [0.29, 0.717) is 46.1 Å². The van der Waals surface area contributed by atoms with Gasteiger partial charge >= 0.3 is 50.9 Å². The molecule has 0 amide bonds. The molecule has 0 bridgehead atoms. The normalized spacial score (nSPS) is 10.5. The number of carbonyl (C=O) groups is 3. The Morgan fingerprint density at radius 2 is 0.778 bits per heavy atom. The first-order valence-corrected chi connectivity index (χ1v) is 19.0. The molecule has 3 N–H and O–H groups in total. The number of esters is 3. The fourth-order valence-electron chi connectivity index (χ4n) is 2.56. The molecule has 1 aromatic rings. The van der Waals surface area contributed by atoms with Crippen LogP contribution in [0.5, 0.6) is 0 Å². The predicted molar refractivity (Wildman–Crippen MR) is 174 cm³/mol. The Kier molecular flexibility index (Phi) is 20.4. The van der Waals surface area contributed by atoms with Gasteiger partial charge in [0.05, 0.1) is 73.3 Å². The van der Waals surface area contributed by atoms with Crippen molar-refractivity contribution in [2.24, 2.45) is 0 Å². The average molecular weight is 757 g/mol. The summed E-state index contributed by atoms with van der Waals surface area (Å²) < 4.78 is 30.7. The fourth-order valence-corrected chi connectivity index (χ4v) is 6.81. The van der Waals surface area contributed by atoms with Crippen molar-refractivity contribution in [3.63, 3.8) is 0 Å². The van der Waals surface area contributed by atoms with Crippen LogP contribution in [0, 0.1) is 0 Å². The molecular weight excluding hydrogens is 727 g/mol. The first-order valence-electron chi connectivity index (χ1n) is 12.0. The first-order chi connectivity index (χ1) is 21.4. The standard InChI is InChI=1S/C21H27N3O15S6/c1-34-13(25)10-40-43-19(31)37-7-4-22-16(28)23(5-8-38-20(32)44-41-11-14(26)35-2)18(30)24(17(22)29)6-9-39-21(33)45-42-12-15(27)36-3/h4-12H2,1-3H3/p+3. The number of ether oxygens (including phenoxy) is 6. The van der Waals surface area contributed by atoms with Crippen molar-refractivity contribution in [2.75, 3.05) is 58.4 Å². The minimum absolute atomic E-state index is 0.0846. The molecule has 0 fully saturated rings. The minimum Gasteiger partial charge on any atom is -0.468 e. The summed E-state index contributed by atoms with van der Waals surface area (Å²) in [6.45, 7) is -2.40. The zero-order valence-corrected chi connectivity index (χ0v) is 28.8. The summed E-state index contributed by atoms with van der Waals surface area (Å²) in [7, 11) is 8.50. The van der Waals surface area contributed by atoms with Crippen LogP contribution in [0.3, 0.4) is 0 Å². The van der Waals surface area contributed by atoms with E-state index in [9.17, 15) is 43.2 Å². The Morgan fingerprint density at radius 1 is 0.533 bits per heavy atom. The van der Waals surface area contributed by atoms with Gasteiger partial charge in [-0.2, -0.15) is 0 Å². The molecule has 18 nitrogen and oxygen atoms in total. The molecule has 252 valence electrons. The molecule has 0 spiro atoms. The van der Waals surface area contributed by atoms with Crippen molar-refractivity contribution in [1.82, 2.24) is 13.7 Å². The van der Waals surface area contributed by atoms with Crippen molar-refractivity contribution in [1.29, 1.82) is 0 Å². The number of methoxy groups -OCH3 is 3. The Balaban J connectivity index is 2.98. The molecular formula is C21H30N3O15S6+3. The smallest absolute Gasteiger partial charge is 0.468 e. The van der Waals surface area contributed by atoms with Gasteiger partial charge in [0.15, 0.2) is 0 Å². The maximum atomic E-state index is 13.1. The molecule has 0 radical (unpaired) electrons. The first kappa shape index (κ1) is 40.4. The SMILES string of the molecule is COC(=O)CSSC(=[OH+])OCCn1c(=O)n(CCOC(=[OH+])SSCC(=O)OC)c(=O)n(CCOC(=[OH+])SSCC(=O)OC)c1=O. The van der Waals surface area contributed by atoms with E-state index in [1.165, 1.54) is 21.3 Å². The Bertz CT molecular complexity index is 1190. The molecule has 45 heavy (non-hydrogen) atoms. The number of hydrogen-bond donors (Lipinski definition) is 0. The van der Waals surface area contributed by atoms with Crippen LogP contribution < -0.4 is 17.1 Å². The topological polar surface area (TPSA) is 237 Å². The summed E-state index contributed by atoms with van der Waals surface area (Å²) in [5.74, 6) is -1.85. The van der Waals surface area contributed by atoms with Crippen LogP contribution in [0.15, 0.2) is 14.4 Å². The summed E-state index contributed by atoms with van der Waals surface area (Å²) in [5.41, 5.74) is -3.13. The monoisotopic (exact) mass is 756 g/mol. The molecule has 0 aliphatic rings. The lowest BCUT2D eigenvalue weighted by Gasteiger charge is -2.11. The average Bonchev–Trinajstić information content (AvgIpc) is 3.01. The summed E-state index contributed by atoms with van der Waals surface area (Å²) in [6, 6.07) is 0. The molecule has 0 aliphatic heterocycles.